The van der Waals surface area contributed by atoms with E-state index in [1.54, 1.807) is 0 Å². The van der Waals surface area contributed by atoms with Gasteiger partial charge in [0.25, 0.3) is 0 Å². The van der Waals surface area contributed by atoms with Crippen molar-refractivity contribution >= 4 is 53.4 Å². The summed E-state index contributed by atoms with van der Waals surface area (Å²) in [5.74, 6) is 0.674. The van der Waals surface area contributed by atoms with E-state index >= 15 is 0 Å². The Morgan fingerprint density at radius 3 is 1.79 bits per heavy atom. The number of pyridine rings is 1. The Morgan fingerprint density at radius 2 is 1.00 bits per heavy atom. The van der Waals surface area contributed by atoms with Crippen molar-refractivity contribution in [2.45, 2.75) is 0 Å². The number of rotatable bonds is 6. The molecule has 0 radical (unpaired) electrons. The first-order valence-electron chi connectivity index (χ1n) is 18.7. The van der Waals surface area contributed by atoms with Crippen molar-refractivity contribution in [2.75, 3.05) is 0 Å². The van der Waals surface area contributed by atoms with Crippen LogP contribution in [0.3, 0.4) is 0 Å². The highest BCUT2D eigenvalue weighted by molar-refractivity contribution is 7.25. The van der Waals surface area contributed by atoms with Gasteiger partial charge in [0, 0.05) is 65.0 Å². The number of hydrogen-bond acceptors (Lipinski definition) is 5. The van der Waals surface area contributed by atoms with Gasteiger partial charge in [-0.25, -0.2) is 9.97 Å². The van der Waals surface area contributed by atoms with Gasteiger partial charge in [0.1, 0.15) is 11.2 Å². The first kappa shape index (κ1) is 32.2. The summed E-state index contributed by atoms with van der Waals surface area (Å²) in [6, 6.07) is 63.6. The van der Waals surface area contributed by atoms with Crippen LogP contribution in [-0.2, 0) is 0 Å². The molecule has 0 aliphatic rings. The average Bonchev–Trinajstić information content (AvgIpc) is 3.85. The second-order valence-corrected chi connectivity index (χ2v) is 15.1. The Balaban J connectivity index is 1.00. The van der Waals surface area contributed by atoms with Gasteiger partial charge in [0.2, 0.25) is 0 Å². The van der Waals surface area contributed by atoms with Gasteiger partial charge < -0.3 is 4.42 Å². The lowest BCUT2D eigenvalue weighted by Crippen LogP contribution is -1.96. The summed E-state index contributed by atoms with van der Waals surface area (Å²) in [6.07, 6.45) is 1.82. The molecule has 56 heavy (non-hydrogen) atoms. The first-order chi connectivity index (χ1) is 27.7. The standard InChI is InChI=1S/C51H31N3OS/c1-2-10-33(11-3-1)44-31-45(35-21-19-34(20-22-35)43-14-8-9-29-52-43)54-51(53-44)36-23-17-32(18-24-36)38-27-28-39(50-49(38)42-13-4-6-15-46(42)55-50)37-25-26-41-40-12-5-7-16-47(40)56-48(41)30-37/h1-31H. The molecule has 4 heterocycles. The number of fused-ring (bicyclic) bond motifs is 6. The summed E-state index contributed by atoms with van der Waals surface area (Å²) in [5.41, 5.74) is 13.0. The molecular formula is C51H31N3OS. The van der Waals surface area contributed by atoms with Crippen LogP contribution in [-0.4, -0.2) is 15.0 Å². The van der Waals surface area contributed by atoms with Crippen molar-refractivity contribution in [3.8, 4) is 67.4 Å². The number of furan rings is 1. The Hall–Kier alpha value is -7.21. The molecule has 0 spiro atoms. The van der Waals surface area contributed by atoms with Crippen molar-refractivity contribution in [3.63, 3.8) is 0 Å². The maximum Gasteiger partial charge on any atom is 0.160 e. The van der Waals surface area contributed by atoms with Crippen LogP contribution in [0, 0.1) is 0 Å². The quantitative estimate of drug-likeness (QED) is 0.171. The SMILES string of the molecule is c1ccc(-c2cc(-c3ccc(-c4ccccn4)cc3)nc(-c3ccc(-c4ccc(-c5ccc6c(c5)sc5ccccc56)c5oc6ccccc6c45)cc3)n2)cc1. The lowest BCUT2D eigenvalue weighted by atomic mass is 9.94. The van der Waals surface area contributed by atoms with E-state index in [2.05, 4.69) is 145 Å². The summed E-state index contributed by atoms with van der Waals surface area (Å²) in [4.78, 5) is 14.7. The molecule has 0 bridgehead atoms. The molecule has 5 heteroatoms. The monoisotopic (exact) mass is 733 g/mol. The van der Waals surface area contributed by atoms with Gasteiger partial charge >= 0.3 is 0 Å². The maximum absolute atomic E-state index is 6.69. The van der Waals surface area contributed by atoms with Crippen LogP contribution in [0.25, 0.3) is 110 Å². The molecule has 0 amide bonds. The van der Waals surface area contributed by atoms with Gasteiger partial charge in [0.05, 0.1) is 17.1 Å². The van der Waals surface area contributed by atoms with Crippen molar-refractivity contribution in [1.82, 2.24) is 15.0 Å². The number of thiophene rings is 1. The first-order valence-corrected chi connectivity index (χ1v) is 19.5. The number of benzene rings is 7. The van der Waals surface area contributed by atoms with Gasteiger partial charge in [-0.3, -0.25) is 4.98 Å². The Labute approximate surface area is 327 Å². The minimum atomic E-state index is 0.674. The molecule has 0 aliphatic carbocycles. The highest BCUT2D eigenvalue weighted by Gasteiger charge is 2.19. The van der Waals surface area contributed by atoms with Crippen molar-refractivity contribution in [2.24, 2.45) is 0 Å². The minimum absolute atomic E-state index is 0.674. The zero-order chi connectivity index (χ0) is 37.0. The second-order valence-electron chi connectivity index (χ2n) is 14.0. The molecule has 4 aromatic heterocycles. The maximum atomic E-state index is 6.69. The lowest BCUT2D eigenvalue weighted by Gasteiger charge is -2.11. The molecule has 7 aromatic carbocycles. The van der Waals surface area contributed by atoms with Crippen molar-refractivity contribution in [1.29, 1.82) is 0 Å². The van der Waals surface area contributed by atoms with Crippen LogP contribution in [0.5, 0.6) is 0 Å². The largest absolute Gasteiger partial charge is 0.455 e. The summed E-state index contributed by atoms with van der Waals surface area (Å²) >= 11 is 1.84. The van der Waals surface area contributed by atoms with Crippen molar-refractivity contribution < 1.29 is 4.42 Å². The Kier molecular flexibility index (Phi) is 7.64. The van der Waals surface area contributed by atoms with Crippen LogP contribution >= 0.6 is 11.3 Å². The number of aromatic nitrogens is 3. The molecule has 0 aliphatic heterocycles. The molecule has 0 N–H and O–H groups in total. The molecular weight excluding hydrogens is 703 g/mol. The fraction of sp³-hybridized carbons (Fsp3) is 0. The molecule has 0 fully saturated rings. The van der Waals surface area contributed by atoms with E-state index in [1.807, 2.05) is 60.0 Å². The molecule has 262 valence electrons. The van der Waals surface area contributed by atoms with Crippen LogP contribution in [0.4, 0.5) is 0 Å². The predicted molar refractivity (Wildman–Crippen MR) is 233 cm³/mol. The highest BCUT2D eigenvalue weighted by Crippen LogP contribution is 2.44. The third-order valence-corrected chi connectivity index (χ3v) is 11.7. The Bertz CT molecular complexity index is 3220. The van der Waals surface area contributed by atoms with E-state index in [-0.39, 0.29) is 0 Å². The number of nitrogens with zero attached hydrogens (tertiary/aromatic N) is 3. The van der Waals surface area contributed by atoms with Gasteiger partial charge in [-0.2, -0.15) is 0 Å². The number of hydrogen-bond donors (Lipinski definition) is 0. The smallest absolute Gasteiger partial charge is 0.160 e. The predicted octanol–water partition coefficient (Wildman–Crippen LogP) is 14.1. The van der Waals surface area contributed by atoms with Crippen LogP contribution in [0.1, 0.15) is 0 Å². The van der Waals surface area contributed by atoms with Gasteiger partial charge in [-0.15, -0.1) is 11.3 Å². The zero-order valence-corrected chi connectivity index (χ0v) is 30.9. The average molecular weight is 734 g/mol. The summed E-state index contributed by atoms with van der Waals surface area (Å²) in [5, 5.41) is 4.80. The molecule has 0 atom stereocenters. The van der Waals surface area contributed by atoms with E-state index < -0.39 is 0 Å². The Morgan fingerprint density at radius 1 is 0.393 bits per heavy atom. The van der Waals surface area contributed by atoms with E-state index in [1.165, 1.54) is 20.2 Å². The van der Waals surface area contributed by atoms with E-state index in [0.717, 1.165) is 83.5 Å². The molecule has 0 saturated carbocycles. The summed E-state index contributed by atoms with van der Waals surface area (Å²) < 4.78 is 9.26. The molecule has 0 unspecified atom stereocenters. The van der Waals surface area contributed by atoms with Gasteiger partial charge in [-0.1, -0.05) is 140 Å². The molecule has 0 saturated heterocycles. The molecule has 11 aromatic rings. The lowest BCUT2D eigenvalue weighted by molar-refractivity contribution is 0.670. The number of para-hydroxylation sites is 1. The topological polar surface area (TPSA) is 51.8 Å². The van der Waals surface area contributed by atoms with Crippen LogP contribution < -0.4 is 0 Å². The summed E-state index contributed by atoms with van der Waals surface area (Å²) in [6.45, 7) is 0. The van der Waals surface area contributed by atoms with E-state index in [4.69, 9.17) is 14.4 Å². The highest BCUT2D eigenvalue weighted by atomic mass is 32.1. The molecule has 4 nitrogen and oxygen atoms in total. The van der Waals surface area contributed by atoms with E-state index in [9.17, 15) is 0 Å². The van der Waals surface area contributed by atoms with Gasteiger partial charge in [0.15, 0.2) is 5.82 Å². The fourth-order valence-corrected chi connectivity index (χ4v) is 8.96. The van der Waals surface area contributed by atoms with Gasteiger partial charge in [-0.05, 0) is 59.2 Å². The van der Waals surface area contributed by atoms with Crippen LogP contribution in [0.2, 0.25) is 0 Å². The normalized spacial score (nSPS) is 11.6. The third-order valence-electron chi connectivity index (χ3n) is 10.6. The third kappa shape index (κ3) is 5.56. The molecule has 11 rings (SSSR count). The van der Waals surface area contributed by atoms with Crippen LogP contribution in [0.15, 0.2) is 193 Å². The minimum Gasteiger partial charge on any atom is -0.455 e. The van der Waals surface area contributed by atoms with Crippen molar-refractivity contribution in [3.05, 3.63) is 188 Å². The van der Waals surface area contributed by atoms with E-state index in [0.29, 0.717) is 5.82 Å². The zero-order valence-electron chi connectivity index (χ0n) is 30.1. The second kappa shape index (κ2) is 13.3. The fourth-order valence-electron chi connectivity index (χ4n) is 7.81. The summed E-state index contributed by atoms with van der Waals surface area (Å²) in [7, 11) is 0.